The van der Waals surface area contributed by atoms with Crippen molar-refractivity contribution in [1.29, 1.82) is 0 Å². The Labute approximate surface area is 122 Å². The second kappa shape index (κ2) is 5.55. The molecule has 0 aliphatic heterocycles. The third kappa shape index (κ3) is 2.78. The van der Waals surface area contributed by atoms with E-state index >= 15 is 0 Å². The van der Waals surface area contributed by atoms with Gasteiger partial charge in [0.2, 0.25) is 0 Å². The van der Waals surface area contributed by atoms with Gasteiger partial charge in [0.1, 0.15) is 11.6 Å². The summed E-state index contributed by atoms with van der Waals surface area (Å²) < 4.78 is 32.9. The van der Waals surface area contributed by atoms with Gasteiger partial charge in [0.25, 0.3) is 0 Å². The minimum Gasteiger partial charge on any atom is -0.378 e. The maximum Gasteiger partial charge on any atom is 0.137 e. The fourth-order valence-corrected chi connectivity index (χ4v) is 3.53. The quantitative estimate of drug-likeness (QED) is 0.517. The van der Waals surface area contributed by atoms with Crippen molar-refractivity contribution in [3.05, 3.63) is 33.8 Å². The van der Waals surface area contributed by atoms with Gasteiger partial charge in [0.05, 0.1) is 10.1 Å². The van der Waals surface area contributed by atoms with E-state index in [9.17, 15) is 8.78 Å². The Kier molecular flexibility index (Phi) is 4.44. The first-order valence-corrected chi connectivity index (χ1v) is 7.52. The summed E-state index contributed by atoms with van der Waals surface area (Å²) in [6, 6.07) is 2.40. The van der Waals surface area contributed by atoms with Crippen LogP contribution in [-0.2, 0) is 4.74 Å². The molecule has 0 radical (unpaired) electrons. The van der Waals surface area contributed by atoms with E-state index in [1.54, 1.807) is 7.11 Å². The number of rotatable bonds is 4. The average Bonchev–Trinajstić information content (AvgIpc) is 2.28. The minimum atomic E-state index is -0.448. The van der Waals surface area contributed by atoms with Gasteiger partial charge in [-0.25, -0.2) is 8.78 Å². The molecule has 100 valence electrons. The van der Waals surface area contributed by atoms with E-state index in [0.717, 1.165) is 19.3 Å². The minimum absolute atomic E-state index is 0.147. The van der Waals surface area contributed by atoms with E-state index in [1.807, 2.05) is 0 Å². The molecular formula is C13H14Br2F2O. The Morgan fingerprint density at radius 1 is 1.33 bits per heavy atom. The van der Waals surface area contributed by atoms with Crippen LogP contribution in [0.4, 0.5) is 8.78 Å². The molecule has 0 saturated heterocycles. The first kappa shape index (κ1) is 14.4. The lowest BCUT2D eigenvalue weighted by Crippen LogP contribution is -2.39. The molecule has 1 unspecified atom stereocenters. The molecule has 0 amide bonds. The number of hydrogen-bond donors (Lipinski definition) is 0. The highest BCUT2D eigenvalue weighted by Crippen LogP contribution is 2.45. The summed E-state index contributed by atoms with van der Waals surface area (Å²) in [5, 5.41) is 0. The van der Waals surface area contributed by atoms with Crippen molar-refractivity contribution in [3.63, 3.8) is 0 Å². The van der Waals surface area contributed by atoms with Crippen LogP contribution in [0.2, 0.25) is 0 Å². The van der Waals surface area contributed by atoms with Gasteiger partial charge in [-0.2, -0.15) is 0 Å². The maximum atomic E-state index is 13.8. The number of alkyl halides is 1. The summed E-state index contributed by atoms with van der Waals surface area (Å²) in [4.78, 5) is -0.236. The van der Waals surface area contributed by atoms with Crippen molar-refractivity contribution >= 4 is 31.9 Å². The van der Waals surface area contributed by atoms with E-state index in [4.69, 9.17) is 4.74 Å². The highest BCUT2D eigenvalue weighted by molar-refractivity contribution is 9.10. The van der Waals surface area contributed by atoms with Crippen LogP contribution in [0.1, 0.15) is 36.1 Å². The molecule has 1 aromatic rings. The molecule has 0 spiro atoms. The van der Waals surface area contributed by atoms with Gasteiger partial charge >= 0.3 is 0 Å². The molecule has 5 heteroatoms. The summed E-state index contributed by atoms with van der Waals surface area (Å²) in [5.74, 6) is -0.855. The van der Waals surface area contributed by atoms with Crippen LogP contribution in [0.3, 0.4) is 0 Å². The number of methoxy groups -OCH3 is 1. The van der Waals surface area contributed by atoms with Crippen LogP contribution < -0.4 is 0 Å². The third-order valence-electron chi connectivity index (χ3n) is 3.63. The van der Waals surface area contributed by atoms with Crippen molar-refractivity contribution in [1.82, 2.24) is 0 Å². The first-order chi connectivity index (χ1) is 8.47. The lowest BCUT2D eigenvalue weighted by atomic mass is 9.76. The van der Waals surface area contributed by atoms with Crippen molar-refractivity contribution in [2.24, 2.45) is 0 Å². The molecule has 1 aliphatic carbocycles. The van der Waals surface area contributed by atoms with Crippen LogP contribution in [0.15, 0.2) is 16.6 Å². The van der Waals surface area contributed by atoms with Gasteiger partial charge < -0.3 is 4.74 Å². The van der Waals surface area contributed by atoms with Crippen molar-refractivity contribution < 1.29 is 13.5 Å². The van der Waals surface area contributed by atoms with Crippen molar-refractivity contribution in [2.75, 3.05) is 7.11 Å². The largest absolute Gasteiger partial charge is 0.378 e. The molecule has 1 atom stereocenters. The summed E-state index contributed by atoms with van der Waals surface area (Å²) in [6.07, 6.45) is 3.74. The molecule has 1 aliphatic rings. The Morgan fingerprint density at radius 3 is 2.50 bits per heavy atom. The van der Waals surface area contributed by atoms with E-state index in [0.29, 0.717) is 12.0 Å². The monoisotopic (exact) mass is 382 g/mol. The van der Waals surface area contributed by atoms with Crippen LogP contribution in [0.5, 0.6) is 0 Å². The SMILES string of the molecule is COC1(CC(Br)c2cc(F)c(Br)cc2F)CCC1. The van der Waals surface area contributed by atoms with E-state index in [2.05, 4.69) is 31.9 Å². The standard InChI is InChI=1S/C13H14Br2F2O/c1-18-13(3-2-4-13)7-10(15)8-5-12(17)9(14)6-11(8)16/h5-6,10H,2-4,7H2,1H3. The topological polar surface area (TPSA) is 9.23 Å². The number of hydrogen-bond acceptors (Lipinski definition) is 1. The van der Waals surface area contributed by atoms with Gasteiger partial charge in [-0.3, -0.25) is 0 Å². The lowest BCUT2D eigenvalue weighted by molar-refractivity contribution is -0.0774. The molecular weight excluding hydrogens is 370 g/mol. The van der Waals surface area contributed by atoms with Crippen LogP contribution in [-0.4, -0.2) is 12.7 Å². The fraction of sp³-hybridized carbons (Fsp3) is 0.538. The van der Waals surface area contributed by atoms with Gasteiger partial charge in [-0.15, -0.1) is 0 Å². The fourth-order valence-electron chi connectivity index (χ4n) is 2.28. The van der Waals surface area contributed by atoms with E-state index in [-0.39, 0.29) is 14.9 Å². The molecule has 0 N–H and O–H groups in total. The van der Waals surface area contributed by atoms with E-state index in [1.165, 1.54) is 12.1 Å². The molecule has 0 heterocycles. The summed E-state index contributed by atoms with van der Waals surface area (Å²) in [6.45, 7) is 0. The van der Waals surface area contributed by atoms with E-state index < -0.39 is 11.6 Å². The second-order valence-corrected chi connectivity index (χ2v) is 6.66. The lowest BCUT2D eigenvalue weighted by Gasteiger charge is -2.42. The normalized spacial score (nSPS) is 19.4. The van der Waals surface area contributed by atoms with Crippen LogP contribution in [0.25, 0.3) is 0 Å². The van der Waals surface area contributed by atoms with Gasteiger partial charge in [0.15, 0.2) is 0 Å². The second-order valence-electron chi connectivity index (χ2n) is 4.70. The van der Waals surface area contributed by atoms with Gasteiger partial charge in [-0.1, -0.05) is 15.9 Å². The molecule has 1 fully saturated rings. The number of ether oxygens (including phenoxy) is 1. The highest BCUT2D eigenvalue weighted by atomic mass is 79.9. The summed E-state index contributed by atoms with van der Waals surface area (Å²) >= 11 is 6.42. The van der Waals surface area contributed by atoms with Crippen LogP contribution in [0, 0.1) is 11.6 Å². The molecule has 2 rings (SSSR count). The third-order valence-corrected chi connectivity index (χ3v) is 5.05. The Bertz CT molecular complexity index is 441. The molecule has 18 heavy (non-hydrogen) atoms. The molecule has 1 nitrogen and oxygen atoms in total. The van der Waals surface area contributed by atoms with Crippen molar-refractivity contribution in [2.45, 2.75) is 36.1 Å². The summed E-state index contributed by atoms with van der Waals surface area (Å²) in [5.41, 5.74) is 0.170. The molecule has 0 aromatic heterocycles. The predicted octanol–water partition coefficient (Wildman–Crippen LogP) is 5.12. The van der Waals surface area contributed by atoms with Crippen molar-refractivity contribution in [3.8, 4) is 0 Å². The van der Waals surface area contributed by atoms with Gasteiger partial charge in [-0.05, 0) is 53.7 Å². The zero-order valence-corrected chi connectivity index (χ0v) is 13.2. The first-order valence-electron chi connectivity index (χ1n) is 5.81. The zero-order valence-electron chi connectivity index (χ0n) is 9.98. The number of benzene rings is 1. The van der Waals surface area contributed by atoms with Gasteiger partial charge in [0, 0.05) is 17.5 Å². The Hall–Kier alpha value is -0.0000000000000000555. The van der Waals surface area contributed by atoms with Crippen LogP contribution >= 0.6 is 31.9 Å². The predicted molar refractivity (Wildman–Crippen MR) is 73.9 cm³/mol. The molecule has 0 bridgehead atoms. The summed E-state index contributed by atoms with van der Waals surface area (Å²) in [7, 11) is 1.68. The smallest absolute Gasteiger partial charge is 0.137 e. The molecule has 1 saturated carbocycles. The highest BCUT2D eigenvalue weighted by Gasteiger charge is 2.39. The number of halogens is 4. The Balaban J connectivity index is 2.18. The zero-order chi connectivity index (χ0) is 13.3. The average molecular weight is 384 g/mol. The maximum absolute atomic E-state index is 13.8. The Morgan fingerprint density at radius 2 is 2.00 bits per heavy atom. The molecule has 1 aromatic carbocycles.